The number of fused-ring (bicyclic) bond motifs is 1. The van der Waals surface area contributed by atoms with Crippen molar-refractivity contribution in [2.45, 2.75) is 51.8 Å². The number of rotatable bonds is 4. The highest BCUT2D eigenvalue weighted by Gasteiger charge is 2.29. The molecule has 9 heteroatoms. The molecule has 3 aromatic rings. The van der Waals surface area contributed by atoms with Crippen molar-refractivity contribution in [2.24, 2.45) is 0 Å². The maximum atomic E-state index is 12.2. The van der Waals surface area contributed by atoms with Crippen LogP contribution in [0.15, 0.2) is 33.5 Å². The third kappa shape index (κ3) is 4.62. The smallest absolute Gasteiger partial charge is 0.410 e. The summed E-state index contributed by atoms with van der Waals surface area (Å²) in [6, 6.07) is 3.99. The van der Waals surface area contributed by atoms with Gasteiger partial charge in [0.25, 0.3) is 0 Å². The summed E-state index contributed by atoms with van der Waals surface area (Å²) < 4.78 is 16.7. The summed E-state index contributed by atoms with van der Waals surface area (Å²) >= 11 is 0. The highest BCUT2D eigenvalue weighted by molar-refractivity contribution is 5.80. The van der Waals surface area contributed by atoms with E-state index in [1.165, 1.54) is 0 Å². The van der Waals surface area contributed by atoms with Crippen LogP contribution in [0.1, 0.15) is 39.5 Å². The van der Waals surface area contributed by atoms with Crippen molar-refractivity contribution in [1.82, 2.24) is 24.9 Å². The molecule has 30 heavy (non-hydrogen) atoms. The zero-order chi connectivity index (χ0) is 21.3. The van der Waals surface area contributed by atoms with Gasteiger partial charge in [-0.05, 0) is 52.8 Å². The first-order chi connectivity index (χ1) is 14.3. The number of amides is 1. The third-order valence-electron chi connectivity index (χ3n) is 5.13. The molecule has 1 fully saturated rings. The highest BCUT2D eigenvalue weighted by atomic mass is 16.6. The molecule has 0 unspecified atom stereocenters. The lowest BCUT2D eigenvalue weighted by atomic mass is 10.0. The van der Waals surface area contributed by atoms with Crippen molar-refractivity contribution in [3.8, 4) is 11.6 Å². The SMILES string of the molecule is CN(Cc1nc(-c2cc3cnccc3o2)no1)C1CCN(C(=O)OC(C)(C)C)CC1. The van der Waals surface area contributed by atoms with Crippen molar-refractivity contribution < 1.29 is 18.5 Å². The van der Waals surface area contributed by atoms with E-state index in [-0.39, 0.29) is 6.09 Å². The number of pyridine rings is 1. The van der Waals surface area contributed by atoms with Crippen LogP contribution in [0, 0.1) is 0 Å². The lowest BCUT2D eigenvalue weighted by Crippen LogP contribution is -2.46. The molecule has 1 amide bonds. The Kier molecular flexibility index (Phi) is 5.46. The van der Waals surface area contributed by atoms with Gasteiger partial charge in [-0.3, -0.25) is 9.88 Å². The molecule has 1 aliphatic heterocycles. The Balaban J connectivity index is 1.33. The Morgan fingerprint density at radius 2 is 2.10 bits per heavy atom. The fourth-order valence-corrected chi connectivity index (χ4v) is 3.57. The van der Waals surface area contributed by atoms with Crippen molar-refractivity contribution in [3.05, 3.63) is 30.4 Å². The van der Waals surface area contributed by atoms with Crippen molar-refractivity contribution >= 4 is 17.1 Å². The molecule has 160 valence electrons. The maximum absolute atomic E-state index is 12.2. The Bertz CT molecular complexity index is 981. The number of furan rings is 1. The van der Waals surface area contributed by atoms with Gasteiger partial charge in [0, 0.05) is 36.9 Å². The van der Waals surface area contributed by atoms with Crippen LogP contribution in [-0.4, -0.2) is 62.8 Å². The predicted molar refractivity (Wildman–Crippen MR) is 110 cm³/mol. The van der Waals surface area contributed by atoms with E-state index in [9.17, 15) is 4.79 Å². The third-order valence-corrected chi connectivity index (χ3v) is 5.13. The normalized spacial score (nSPS) is 15.8. The van der Waals surface area contributed by atoms with E-state index in [0.717, 1.165) is 23.8 Å². The predicted octanol–water partition coefficient (Wildman–Crippen LogP) is 3.71. The minimum absolute atomic E-state index is 0.244. The van der Waals surface area contributed by atoms with Crippen LogP contribution in [0.3, 0.4) is 0 Å². The molecule has 4 heterocycles. The van der Waals surface area contributed by atoms with E-state index in [4.69, 9.17) is 13.7 Å². The van der Waals surface area contributed by atoms with Crippen LogP contribution in [0.4, 0.5) is 4.79 Å². The van der Waals surface area contributed by atoms with Gasteiger partial charge in [-0.15, -0.1) is 0 Å². The number of hydrogen-bond acceptors (Lipinski definition) is 8. The second kappa shape index (κ2) is 8.06. The summed E-state index contributed by atoms with van der Waals surface area (Å²) in [6.45, 7) is 7.52. The van der Waals surface area contributed by atoms with Gasteiger partial charge in [-0.1, -0.05) is 5.16 Å². The lowest BCUT2D eigenvalue weighted by Gasteiger charge is -2.36. The molecular weight excluding hydrogens is 386 g/mol. The van der Waals surface area contributed by atoms with Crippen LogP contribution in [0.5, 0.6) is 0 Å². The Morgan fingerprint density at radius 1 is 1.33 bits per heavy atom. The zero-order valence-corrected chi connectivity index (χ0v) is 17.8. The molecule has 0 N–H and O–H groups in total. The van der Waals surface area contributed by atoms with Gasteiger partial charge in [-0.25, -0.2) is 4.79 Å². The summed E-state index contributed by atoms with van der Waals surface area (Å²) in [5, 5.41) is 4.95. The molecule has 0 bridgehead atoms. The average Bonchev–Trinajstić information content (AvgIpc) is 3.33. The minimum atomic E-state index is -0.475. The average molecular weight is 413 g/mol. The molecule has 0 atom stereocenters. The Hall–Kier alpha value is -2.94. The van der Waals surface area contributed by atoms with Gasteiger partial charge < -0.3 is 18.6 Å². The van der Waals surface area contributed by atoms with Crippen LogP contribution in [-0.2, 0) is 11.3 Å². The molecule has 1 aliphatic rings. The summed E-state index contributed by atoms with van der Waals surface area (Å²) in [4.78, 5) is 24.8. The number of hydrogen-bond donors (Lipinski definition) is 0. The highest BCUT2D eigenvalue weighted by Crippen LogP contribution is 2.26. The first-order valence-corrected chi connectivity index (χ1v) is 10.1. The fraction of sp³-hybridized carbons (Fsp3) is 0.524. The molecule has 9 nitrogen and oxygen atoms in total. The van der Waals surface area contributed by atoms with E-state index in [1.54, 1.807) is 23.4 Å². The molecule has 0 saturated carbocycles. The molecule has 4 rings (SSSR count). The number of piperidine rings is 1. The first kappa shape index (κ1) is 20.3. The van der Waals surface area contributed by atoms with Crippen molar-refractivity contribution in [1.29, 1.82) is 0 Å². The lowest BCUT2D eigenvalue weighted by molar-refractivity contribution is 0.0148. The Labute approximate surface area is 175 Å². The van der Waals surface area contributed by atoms with E-state index in [1.807, 2.05) is 33.9 Å². The second-order valence-corrected chi connectivity index (χ2v) is 8.65. The molecular formula is C21H27N5O4. The van der Waals surface area contributed by atoms with Gasteiger partial charge in [-0.2, -0.15) is 4.98 Å². The van der Waals surface area contributed by atoms with Crippen LogP contribution >= 0.6 is 0 Å². The number of carbonyl (C=O) groups is 1. The van der Waals surface area contributed by atoms with E-state index in [2.05, 4.69) is 20.0 Å². The molecule has 0 aromatic carbocycles. The monoisotopic (exact) mass is 413 g/mol. The van der Waals surface area contributed by atoms with Gasteiger partial charge in [0.05, 0.1) is 6.54 Å². The largest absolute Gasteiger partial charge is 0.452 e. The van der Waals surface area contributed by atoms with E-state index >= 15 is 0 Å². The van der Waals surface area contributed by atoms with Crippen LogP contribution in [0.25, 0.3) is 22.6 Å². The summed E-state index contributed by atoms with van der Waals surface area (Å²) in [6.07, 6.45) is 4.91. The van der Waals surface area contributed by atoms with Gasteiger partial charge >= 0.3 is 6.09 Å². The number of carbonyl (C=O) groups excluding carboxylic acids is 1. The summed E-state index contributed by atoms with van der Waals surface area (Å²) in [7, 11) is 2.03. The fourth-order valence-electron chi connectivity index (χ4n) is 3.57. The van der Waals surface area contributed by atoms with Gasteiger partial charge in [0.15, 0.2) is 5.76 Å². The zero-order valence-electron chi connectivity index (χ0n) is 17.8. The molecule has 0 radical (unpaired) electrons. The number of aromatic nitrogens is 3. The summed E-state index contributed by atoms with van der Waals surface area (Å²) in [5.74, 6) is 1.51. The van der Waals surface area contributed by atoms with E-state index < -0.39 is 5.60 Å². The number of nitrogens with zero attached hydrogens (tertiary/aromatic N) is 5. The first-order valence-electron chi connectivity index (χ1n) is 10.1. The molecule has 1 saturated heterocycles. The second-order valence-electron chi connectivity index (χ2n) is 8.65. The Morgan fingerprint density at radius 3 is 2.80 bits per heavy atom. The standard InChI is InChI=1S/C21H27N5O4/c1-21(2,3)29-20(27)26-9-6-15(7-10-26)25(4)13-18-23-19(24-30-18)17-11-14-12-22-8-5-16(14)28-17/h5,8,11-12,15H,6-7,9-10,13H2,1-4H3. The molecule has 0 spiro atoms. The topological polar surface area (TPSA) is 97.7 Å². The maximum Gasteiger partial charge on any atom is 0.410 e. The van der Waals surface area contributed by atoms with Crippen molar-refractivity contribution in [3.63, 3.8) is 0 Å². The number of ether oxygens (including phenoxy) is 1. The molecule has 3 aromatic heterocycles. The van der Waals surface area contributed by atoms with Crippen molar-refractivity contribution in [2.75, 3.05) is 20.1 Å². The number of likely N-dealkylation sites (tertiary alicyclic amines) is 1. The van der Waals surface area contributed by atoms with E-state index in [0.29, 0.717) is 43.2 Å². The quantitative estimate of drug-likeness (QED) is 0.638. The van der Waals surface area contributed by atoms with Crippen LogP contribution < -0.4 is 0 Å². The van der Waals surface area contributed by atoms with Gasteiger partial charge in [0.2, 0.25) is 11.7 Å². The van der Waals surface area contributed by atoms with Crippen LogP contribution in [0.2, 0.25) is 0 Å². The summed E-state index contributed by atoms with van der Waals surface area (Å²) in [5.41, 5.74) is 0.261. The molecule has 0 aliphatic carbocycles. The minimum Gasteiger partial charge on any atom is -0.452 e. The van der Waals surface area contributed by atoms with Gasteiger partial charge in [0.1, 0.15) is 11.2 Å².